The zero-order chi connectivity index (χ0) is 11.7. The van der Waals surface area contributed by atoms with Crippen molar-refractivity contribution < 1.29 is 5.11 Å². The molecule has 2 saturated carbocycles. The van der Waals surface area contributed by atoms with Gasteiger partial charge in [0.1, 0.15) is 0 Å². The molecule has 1 heteroatoms. The van der Waals surface area contributed by atoms with Crippen molar-refractivity contribution in [2.75, 3.05) is 0 Å². The van der Waals surface area contributed by atoms with Crippen molar-refractivity contribution in [1.82, 2.24) is 0 Å². The highest BCUT2D eigenvalue weighted by atomic mass is 16.3. The zero-order valence-electron chi connectivity index (χ0n) is 11.0. The Bertz CT molecular complexity index is 349. The molecule has 90 valence electrons. The van der Waals surface area contributed by atoms with Crippen LogP contribution >= 0.6 is 0 Å². The molecule has 4 aliphatic carbocycles. The largest absolute Gasteiger partial charge is 0.390 e. The standard InChI is InChI=1S/C15H24O/c1-9-5-6-11-12-10(14(2,3)16)7-8-15(11,4)13(9)12/h5,10-13,16H,6-8H2,1-4H3. The summed E-state index contributed by atoms with van der Waals surface area (Å²) in [4.78, 5) is 0. The Hall–Kier alpha value is -0.300. The molecule has 0 radical (unpaired) electrons. The van der Waals surface area contributed by atoms with Gasteiger partial charge < -0.3 is 5.11 Å². The van der Waals surface area contributed by atoms with E-state index in [1.54, 1.807) is 5.57 Å². The van der Waals surface area contributed by atoms with Crippen molar-refractivity contribution in [2.45, 2.75) is 52.6 Å². The van der Waals surface area contributed by atoms with Crippen LogP contribution in [0.2, 0.25) is 0 Å². The average Bonchev–Trinajstić information content (AvgIpc) is 2.16. The SMILES string of the molecule is CC1=CCC2C3C(C(C)(C)O)CCC2(C)C13. The van der Waals surface area contributed by atoms with Crippen LogP contribution < -0.4 is 0 Å². The van der Waals surface area contributed by atoms with E-state index in [4.69, 9.17) is 0 Å². The Morgan fingerprint density at radius 2 is 2.12 bits per heavy atom. The first kappa shape index (κ1) is 10.8. The third-order valence-corrected chi connectivity index (χ3v) is 5.96. The molecular formula is C15H24O. The molecule has 16 heavy (non-hydrogen) atoms. The summed E-state index contributed by atoms with van der Waals surface area (Å²) in [5.41, 5.74) is 1.69. The number of fused-ring (bicyclic) bond motifs is 1. The van der Waals surface area contributed by atoms with Gasteiger partial charge in [-0.3, -0.25) is 0 Å². The monoisotopic (exact) mass is 220 g/mol. The van der Waals surface area contributed by atoms with E-state index in [1.165, 1.54) is 19.3 Å². The molecule has 0 aromatic carbocycles. The summed E-state index contributed by atoms with van der Waals surface area (Å²) >= 11 is 0. The van der Waals surface area contributed by atoms with Crippen molar-refractivity contribution in [3.05, 3.63) is 11.6 Å². The highest BCUT2D eigenvalue weighted by Crippen LogP contribution is 2.72. The first-order chi connectivity index (χ1) is 7.36. The van der Waals surface area contributed by atoms with Gasteiger partial charge in [-0.15, -0.1) is 0 Å². The van der Waals surface area contributed by atoms with Crippen molar-refractivity contribution in [2.24, 2.45) is 29.1 Å². The lowest BCUT2D eigenvalue weighted by atomic mass is 9.34. The van der Waals surface area contributed by atoms with E-state index in [2.05, 4.69) is 19.9 Å². The van der Waals surface area contributed by atoms with Crippen LogP contribution in [0.3, 0.4) is 0 Å². The maximum Gasteiger partial charge on any atom is 0.0622 e. The lowest BCUT2D eigenvalue weighted by molar-refractivity contribution is -0.210. The molecule has 4 bridgehead atoms. The van der Waals surface area contributed by atoms with Crippen LogP contribution in [0.1, 0.15) is 47.0 Å². The molecule has 5 atom stereocenters. The molecule has 0 saturated heterocycles. The minimum atomic E-state index is -0.486. The lowest BCUT2D eigenvalue weighted by Gasteiger charge is -2.70. The van der Waals surface area contributed by atoms with E-state index < -0.39 is 5.60 Å². The van der Waals surface area contributed by atoms with Gasteiger partial charge in [0.05, 0.1) is 5.60 Å². The second kappa shape index (κ2) is 2.93. The van der Waals surface area contributed by atoms with Gasteiger partial charge in [-0.05, 0) is 69.1 Å². The molecule has 0 spiro atoms. The summed E-state index contributed by atoms with van der Waals surface area (Å²) in [7, 11) is 0. The van der Waals surface area contributed by atoms with Crippen LogP contribution in [0, 0.1) is 29.1 Å². The minimum absolute atomic E-state index is 0.486. The summed E-state index contributed by atoms with van der Waals surface area (Å²) in [5, 5.41) is 10.3. The van der Waals surface area contributed by atoms with Gasteiger partial charge in [-0.1, -0.05) is 18.6 Å². The molecule has 1 nitrogen and oxygen atoms in total. The molecule has 2 fully saturated rings. The van der Waals surface area contributed by atoms with Crippen molar-refractivity contribution in [3.63, 3.8) is 0 Å². The fourth-order valence-electron chi connectivity index (χ4n) is 5.25. The van der Waals surface area contributed by atoms with E-state index in [0.717, 1.165) is 17.8 Å². The van der Waals surface area contributed by atoms with E-state index in [-0.39, 0.29) is 0 Å². The summed E-state index contributed by atoms with van der Waals surface area (Å²) in [6.07, 6.45) is 6.25. The van der Waals surface area contributed by atoms with Crippen LogP contribution in [-0.2, 0) is 0 Å². The van der Waals surface area contributed by atoms with E-state index in [0.29, 0.717) is 11.3 Å². The third kappa shape index (κ3) is 1.11. The van der Waals surface area contributed by atoms with Gasteiger partial charge in [-0.2, -0.15) is 0 Å². The second-order valence-corrected chi connectivity index (χ2v) is 7.15. The van der Waals surface area contributed by atoms with Gasteiger partial charge in [0.15, 0.2) is 0 Å². The summed E-state index contributed by atoms with van der Waals surface area (Å²) in [5.74, 6) is 2.92. The Labute approximate surface area is 98.9 Å². The summed E-state index contributed by atoms with van der Waals surface area (Å²) in [6.45, 7) is 8.80. The maximum absolute atomic E-state index is 10.3. The van der Waals surface area contributed by atoms with E-state index in [1.807, 2.05) is 13.8 Å². The molecule has 1 N–H and O–H groups in total. The molecule has 0 aromatic rings. The van der Waals surface area contributed by atoms with Gasteiger partial charge in [-0.25, -0.2) is 0 Å². The quantitative estimate of drug-likeness (QED) is 0.672. The number of hydrogen-bond acceptors (Lipinski definition) is 1. The van der Waals surface area contributed by atoms with E-state index >= 15 is 0 Å². The minimum Gasteiger partial charge on any atom is -0.390 e. The molecule has 0 aliphatic heterocycles. The highest BCUT2D eigenvalue weighted by Gasteiger charge is 2.66. The highest BCUT2D eigenvalue weighted by molar-refractivity contribution is 5.28. The fourth-order valence-corrected chi connectivity index (χ4v) is 5.25. The third-order valence-electron chi connectivity index (χ3n) is 5.96. The average molecular weight is 220 g/mol. The van der Waals surface area contributed by atoms with Crippen molar-refractivity contribution >= 4 is 0 Å². The predicted molar refractivity (Wildman–Crippen MR) is 66.0 cm³/mol. The lowest BCUT2D eigenvalue weighted by Crippen LogP contribution is -2.66. The van der Waals surface area contributed by atoms with Crippen LogP contribution in [0.15, 0.2) is 11.6 Å². The molecule has 4 aliphatic rings. The van der Waals surface area contributed by atoms with Gasteiger partial charge >= 0.3 is 0 Å². The van der Waals surface area contributed by atoms with Crippen LogP contribution in [-0.4, -0.2) is 10.7 Å². The smallest absolute Gasteiger partial charge is 0.0622 e. The Balaban J connectivity index is 1.96. The van der Waals surface area contributed by atoms with Crippen molar-refractivity contribution in [1.29, 1.82) is 0 Å². The van der Waals surface area contributed by atoms with Crippen LogP contribution in [0.25, 0.3) is 0 Å². The number of rotatable bonds is 1. The molecule has 4 rings (SSSR count). The van der Waals surface area contributed by atoms with Gasteiger partial charge in [0.25, 0.3) is 0 Å². The second-order valence-electron chi connectivity index (χ2n) is 7.15. The van der Waals surface area contributed by atoms with Crippen LogP contribution in [0.4, 0.5) is 0 Å². The number of aliphatic hydroxyl groups is 1. The molecule has 0 amide bonds. The van der Waals surface area contributed by atoms with Crippen LogP contribution in [0.5, 0.6) is 0 Å². The zero-order valence-corrected chi connectivity index (χ0v) is 11.0. The molecule has 0 aromatic heterocycles. The predicted octanol–water partition coefficient (Wildman–Crippen LogP) is 3.39. The van der Waals surface area contributed by atoms with E-state index in [9.17, 15) is 5.11 Å². The van der Waals surface area contributed by atoms with Crippen molar-refractivity contribution in [3.8, 4) is 0 Å². The normalized spacial score (nSPS) is 50.7. The Kier molecular flexibility index (Phi) is 1.98. The molecule has 0 heterocycles. The maximum atomic E-state index is 10.3. The summed E-state index contributed by atoms with van der Waals surface area (Å²) in [6, 6.07) is 0. The topological polar surface area (TPSA) is 20.2 Å². The Morgan fingerprint density at radius 1 is 1.44 bits per heavy atom. The van der Waals surface area contributed by atoms with Gasteiger partial charge in [0.2, 0.25) is 0 Å². The Morgan fingerprint density at radius 3 is 2.69 bits per heavy atom. The number of allylic oxidation sites excluding steroid dienone is 2. The number of hydrogen-bond donors (Lipinski definition) is 1. The molecule has 5 unspecified atom stereocenters. The first-order valence-electron chi connectivity index (χ1n) is 6.75. The fraction of sp³-hybridized carbons (Fsp3) is 0.867. The first-order valence-corrected chi connectivity index (χ1v) is 6.75. The summed E-state index contributed by atoms with van der Waals surface area (Å²) < 4.78 is 0. The van der Waals surface area contributed by atoms with Gasteiger partial charge in [0, 0.05) is 0 Å². The molecular weight excluding hydrogens is 196 g/mol.